The zero-order chi connectivity index (χ0) is 21.6. The Labute approximate surface area is 181 Å². The van der Waals surface area contributed by atoms with E-state index in [9.17, 15) is 4.79 Å². The summed E-state index contributed by atoms with van der Waals surface area (Å²) in [4.78, 5) is 11.8. The van der Waals surface area contributed by atoms with Crippen molar-refractivity contribution in [1.82, 2.24) is 30.4 Å². The molecule has 0 aliphatic carbocycles. The third-order valence-corrected chi connectivity index (χ3v) is 5.51. The molecule has 158 valence electrons. The van der Waals surface area contributed by atoms with Crippen LogP contribution in [0.1, 0.15) is 54.0 Å². The number of rotatable bonds is 9. The first-order valence-electron chi connectivity index (χ1n) is 10.7. The summed E-state index contributed by atoms with van der Waals surface area (Å²) in [5.74, 6) is 0.572. The number of benzene rings is 2. The number of hydrogen-bond acceptors (Lipinski definition) is 5. The summed E-state index contributed by atoms with van der Waals surface area (Å²) in [7, 11) is 0. The van der Waals surface area contributed by atoms with E-state index >= 15 is 0 Å². The Morgan fingerprint density at radius 3 is 2.45 bits per heavy atom. The molecule has 0 bridgehead atoms. The van der Waals surface area contributed by atoms with E-state index < -0.39 is 0 Å². The van der Waals surface area contributed by atoms with Gasteiger partial charge in [0, 0.05) is 24.1 Å². The number of tetrazole rings is 1. The van der Waals surface area contributed by atoms with Crippen LogP contribution in [-0.2, 0) is 19.4 Å². The minimum absolute atomic E-state index is 0.572. The van der Waals surface area contributed by atoms with Crippen LogP contribution < -0.4 is 0 Å². The van der Waals surface area contributed by atoms with E-state index in [1.54, 1.807) is 0 Å². The average Bonchev–Trinajstić information content (AvgIpc) is 3.46. The molecule has 0 saturated carbocycles. The van der Waals surface area contributed by atoms with Crippen LogP contribution in [0.5, 0.6) is 0 Å². The van der Waals surface area contributed by atoms with Gasteiger partial charge in [-0.25, -0.2) is 0 Å². The number of aryl methyl sites for hydroxylation is 2. The number of hydrogen-bond donors (Lipinski definition) is 1. The number of unbranched alkanes of at least 4 members (excludes halogenated alkanes) is 1. The van der Waals surface area contributed by atoms with Crippen molar-refractivity contribution in [2.75, 3.05) is 0 Å². The van der Waals surface area contributed by atoms with Crippen molar-refractivity contribution in [3.8, 4) is 22.5 Å². The van der Waals surface area contributed by atoms with Gasteiger partial charge < -0.3 is 0 Å². The lowest BCUT2D eigenvalue weighted by Gasteiger charge is -2.09. The van der Waals surface area contributed by atoms with Gasteiger partial charge in [0.05, 0.1) is 5.69 Å². The Hall–Kier alpha value is -3.61. The second-order valence-electron chi connectivity index (χ2n) is 7.50. The van der Waals surface area contributed by atoms with Gasteiger partial charge in [0.1, 0.15) is 5.69 Å². The second-order valence-corrected chi connectivity index (χ2v) is 7.50. The maximum atomic E-state index is 11.8. The molecule has 0 unspecified atom stereocenters. The van der Waals surface area contributed by atoms with Crippen LogP contribution in [0.4, 0.5) is 0 Å². The lowest BCUT2D eigenvalue weighted by molar-refractivity contribution is 0.111. The molecule has 7 heteroatoms. The van der Waals surface area contributed by atoms with Gasteiger partial charge in [0.2, 0.25) is 5.82 Å². The van der Waals surface area contributed by atoms with E-state index in [0.717, 1.165) is 59.1 Å². The molecule has 4 aromatic rings. The highest BCUT2D eigenvalue weighted by molar-refractivity contribution is 5.80. The molecular weight excluding hydrogens is 388 g/mol. The van der Waals surface area contributed by atoms with Gasteiger partial charge >= 0.3 is 0 Å². The molecule has 0 aliphatic heterocycles. The van der Waals surface area contributed by atoms with Gasteiger partial charge in [0.15, 0.2) is 6.29 Å². The minimum Gasteiger partial charge on any atom is -0.296 e. The van der Waals surface area contributed by atoms with E-state index in [1.807, 2.05) is 29.8 Å². The van der Waals surface area contributed by atoms with Gasteiger partial charge in [-0.3, -0.25) is 9.48 Å². The second kappa shape index (κ2) is 9.47. The lowest BCUT2D eigenvalue weighted by Crippen LogP contribution is -2.03. The van der Waals surface area contributed by atoms with E-state index in [1.165, 1.54) is 0 Å². The van der Waals surface area contributed by atoms with Crippen molar-refractivity contribution in [1.29, 1.82) is 0 Å². The zero-order valence-corrected chi connectivity index (χ0v) is 17.9. The summed E-state index contributed by atoms with van der Waals surface area (Å²) in [5, 5.41) is 19.1. The molecule has 0 radical (unpaired) electrons. The maximum Gasteiger partial charge on any atom is 0.205 e. The van der Waals surface area contributed by atoms with Crippen LogP contribution in [0.2, 0.25) is 0 Å². The van der Waals surface area contributed by atoms with E-state index in [4.69, 9.17) is 5.10 Å². The molecule has 31 heavy (non-hydrogen) atoms. The summed E-state index contributed by atoms with van der Waals surface area (Å²) in [5.41, 5.74) is 6.99. The fourth-order valence-electron chi connectivity index (χ4n) is 3.89. The number of nitrogens with zero attached hydrogens (tertiary/aromatic N) is 5. The molecule has 7 nitrogen and oxygen atoms in total. The molecule has 2 aromatic heterocycles. The third kappa shape index (κ3) is 4.30. The standard InChI is InChI=1S/C24H26N6O/c1-3-5-10-22-21(23(16-31)30(4-2)27-22)15-17-11-13-18(14-12-17)19-8-6-7-9-20(19)24-25-28-29-26-24/h6-9,11-14,16H,3-5,10,15H2,1-2H3,(H,25,26,28,29). The van der Waals surface area contributed by atoms with Crippen LogP contribution in [0.25, 0.3) is 22.5 Å². The van der Waals surface area contributed by atoms with Gasteiger partial charge in [0.25, 0.3) is 0 Å². The Balaban J connectivity index is 1.64. The number of H-pyrrole nitrogens is 1. The highest BCUT2D eigenvalue weighted by Crippen LogP contribution is 2.30. The molecule has 0 saturated heterocycles. The number of carbonyl (C=O) groups excluding carboxylic acids is 1. The quantitative estimate of drug-likeness (QED) is 0.408. The minimum atomic E-state index is 0.572. The predicted molar refractivity (Wildman–Crippen MR) is 120 cm³/mol. The monoisotopic (exact) mass is 414 g/mol. The third-order valence-electron chi connectivity index (χ3n) is 5.51. The summed E-state index contributed by atoms with van der Waals surface area (Å²) in [6.45, 7) is 4.88. The van der Waals surface area contributed by atoms with E-state index in [-0.39, 0.29) is 0 Å². The van der Waals surface area contributed by atoms with E-state index in [2.05, 4.69) is 57.9 Å². The van der Waals surface area contributed by atoms with Crippen LogP contribution in [0.15, 0.2) is 48.5 Å². The zero-order valence-electron chi connectivity index (χ0n) is 17.9. The molecule has 0 fully saturated rings. The van der Waals surface area contributed by atoms with Crippen LogP contribution in [0.3, 0.4) is 0 Å². The molecule has 1 N–H and O–H groups in total. The average molecular weight is 415 g/mol. The SMILES string of the molecule is CCCCc1nn(CC)c(C=O)c1Cc1ccc(-c2ccccc2-c2nn[nH]n2)cc1. The molecule has 2 aromatic carbocycles. The number of aromatic nitrogens is 6. The maximum absolute atomic E-state index is 11.8. The lowest BCUT2D eigenvalue weighted by atomic mass is 9.96. The number of aldehydes is 1. The largest absolute Gasteiger partial charge is 0.296 e. The van der Waals surface area contributed by atoms with Gasteiger partial charge in [-0.05, 0) is 41.7 Å². The van der Waals surface area contributed by atoms with E-state index in [0.29, 0.717) is 24.5 Å². The Bertz CT molecular complexity index is 1150. The van der Waals surface area contributed by atoms with Gasteiger partial charge in [-0.2, -0.15) is 10.3 Å². The van der Waals surface area contributed by atoms with Crippen molar-refractivity contribution >= 4 is 6.29 Å². The summed E-state index contributed by atoms with van der Waals surface area (Å²) in [6, 6.07) is 16.4. The van der Waals surface area contributed by atoms with Crippen LogP contribution in [-0.4, -0.2) is 36.7 Å². The topological polar surface area (TPSA) is 89.4 Å². The summed E-state index contributed by atoms with van der Waals surface area (Å²) < 4.78 is 1.82. The highest BCUT2D eigenvalue weighted by atomic mass is 16.1. The smallest absolute Gasteiger partial charge is 0.205 e. The Morgan fingerprint density at radius 1 is 1.03 bits per heavy atom. The fourth-order valence-corrected chi connectivity index (χ4v) is 3.89. The van der Waals surface area contributed by atoms with Crippen LogP contribution in [0, 0.1) is 0 Å². The van der Waals surface area contributed by atoms with Crippen molar-refractivity contribution < 1.29 is 4.79 Å². The van der Waals surface area contributed by atoms with Crippen molar-refractivity contribution in [2.45, 2.75) is 46.1 Å². The van der Waals surface area contributed by atoms with Gasteiger partial charge in [-0.15, -0.1) is 10.2 Å². The van der Waals surface area contributed by atoms with Crippen molar-refractivity contribution in [3.05, 3.63) is 71.0 Å². The molecule has 2 heterocycles. The summed E-state index contributed by atoms with van der Waals surface area (Å²) in [6.07, 6.45) is 4.70. The Kier molecular flexibility index (Phi) is 6.31. The number of carbonyl (C=O) groups is 1. The molecular formula is C24H26N6O. The fraction of sp³-hybridized carbons (Fsp3) is 0.292. The highest BCUT2D eigenvalue weighted by Gasteiger charge is 2.17. The summed E-state index contributed by atoms with van der Waals surface area (Å²) >= 11 is 0. The first kappa shape index (κ1) is 20.7. The predicted octanol–water partition coefficient (Wildman–Crippen LogP) is 4.50. The number of aromatic amines is 1. The van der Waals surface area contributed by atoms with Crippen molar-refractivity contribution in [3.63, 3.8) is 0 Å². The first-order chi connectivity index (χ1) is 15.2. The van der Waals surface area contributed by atoms with Gasteiger partial charge in [-0.1, -0.05) is 61.9 Å². The van der Waals surface area contributed by atoms with Crippen LogP contribution >= 0.6 is 0 Å². The molecule has 0 atom stereocenters. The van der Waals surface area contributed by atoms with Crippen molar-refractivity contribution in [2.24, 2.45) is 0 Å². The molecule has 0 spiro atoms. The number of nitrogens with one attached hydrogen (secondary N) is 1. The Morgan fingerprint density at radius 2 is 1.81 bits per heavy atom. The molecule has 4 rings (SSSR count). The normalized spacial score (nSPS) is 11.0. The first-order valence-corrected chi connectivity index (χ1v) is 10.7. The molecule has 0 amide bonds. The molecule has 0 aliphatic rings.